The predicted molar refractivity (Wildman–Crippen MR) is 76.7 cm³/mol. The normalized spacial score (nSPS) is 10.3. The molecule has 0 saturated heterocycles. The summed E-state index contributed by atoms with van der Waals surface area (Å²) in [6, 6.07) is 5.15. The van der Waals surface area contributed by atoms with Gasteiger partial charge in [0.05, 0.1) is 11.6 Å². The number of methoxy groups -OCH3 is 1. The lowest BCUT2D eigenvalue weighted by molar-refractivity contribution is 0.102. The highest BCUT2D eigenvalue weighted by atomic mass is 79.9. The minimum absolute atomic E-state index is 0.210. The largest absolute Gasteiger partial charge is 0.496 e. The van der Waals surface area contributed by atoms with E-state index in [1.807, 2.05) is 13.8 Å². The van der Waals surface area contributed by atoms with Crippen LogP contribution in [0.1, 0.15) is 21.6 Å². The van der Waals surface area contributed by atoms with E-state index in [0.717, 1.165) is 15.7 Å². The number of benzene rings is 1. The molecule has 1 aromatic heterocycles. The van der Waals surface area contributed by atoms with Crippen molar-refractivity contribution in [2.24, 2.45) is 0 Å². The molecule has 2 rings (SSSR count). The van der Waals surface area contributed by atoms with E-state index < -0.39 is 0 Å². The second-order valence-electron chi connectivity index (χ2n) is 4.13. The zero-order valence-electron chi connectivity index (χ0n) is 10.9. The Labute approximate surface area is 119 Å². The summed E-state index contributed by atoms with van der Waals surface area (Å²) in [4.78, 5) is 12.1. The Kier molecular flexibility index (Phi) is 3.90. The molecular weight excluding hydrogens is 310 g/mol. The minimum Gasteiger partial charge on any atom is -0.496 e. The fourth-order valence-electron chi connectivity index (χ4n) is 1.59. The first-order valence-corrected chi connectivity index (χ1v) is 6.48. The fraction of sp³-hybridized carbons (Fsp3) is 0.231. The molecule has 0 radical (unpaired) electrons. The van der Waals surface area contributed by atoms with Crippen molar-refractivity contribution in [2.45, 2.75) is 13.8 Å². The first kappa shape index (κ1) is 13.6. The van der Waals surface area contributed by atoms with Crippen LogP contribution in [0.25, 0.3) is 0 Å². The van der Waals surface area contributed by atoms with Crippen molar-refractivity contribution in [1.29, 1.82) is 0 Å². The first-order chi connectivity index (χ1) is 9.02. The number of nitrogens with one attached hydrogen (secondary N) is 2. The van der Waals surface area contributed by atoms with E-state index in [4.69, 9.17) is 4.74 Å². The molecule has 0 bridgehead atoms. The number of carbonyl (C=O) groups excluding carboxylic acids is 1. The Balaban J connectivity index is 2.21. The summed E-state index contributed by atoms with van der Waals surface area (Å²) in [6.45, 7) is 3.81. The highest BCUT2D eigenvalue weighted by Gasteiger charge is 2.12. The van der Waals surface area contributed by atoms with Gasteiger partial charge in [0.15, 0.2) is 5.82 Å². The van der Waals surface area contributed by atoms with Gasteiger partial charge >= 0.3 is 0 Å². The van der Waals surface area contributed by atoms with Crippen LogP contribution in [0.15, 0.2) is 22.7 Å². The van der Waals surface area contributed by atoms with Crippen LogP contribution in [0.4, 0.5) is 5.82 Å². The van der Waals surface area contributed by atoms with Crippen LogP contribution < -0.4 is 10.1 Å². The molecule has 0 atom stereocenters. The van der Waals surface area contributed by atoms with E-state index in [0.29, 0.717) is 17.1 Å². The summed E-state index contributed by atoms with van der Waals surface area (Å²) >= 11 is 3.35. The second kappa shape index (κ2) is 5.44. The third-order valence-corrected chi connectivity index (χ3v) is 3.52. The van der Waals surface area contributed by atoms with E-state index in [2.05, 4.69) is 31.4 Å². The number of rotatable bonds is 3. The average molecular weight is 324 g/mol. The van der Waals surface area contributed by atoms with Gasteiger partial charge in [-0.2, -0.15) is 5.10 Å². The highest BCUT2D eigenvalue weighted by molar-refractivity contribution is 9.10. The summed E-state index contributed by atoms with van der Waals surface area (Å²) in [5.41, 5.74) is 2.40. The van der Waals surface area contributed by atoms with Crippen LogP contribution in [0.2, 0.25) is 0 Å². The molecule has 0 saturated carbocycles. The van der Waals surface area contributed by atoms with Crippen LogP contribution >= 0.6 is 15.9 Å². The molecule has 0 unspecified atom stereocenters. The fourth-order valence-corrected chi connectivity index (χ4v) is 2.13. The lowest BCUT2D eigenvalue weighted by Crippen LogP contribution is -2.13. The molecule has 0 fully saturated rings. The maximum atomic E-state index is 12.1. The van der Waals surface area contributed by atoms with Crippen LogP contribution in [-0.2, 0) is 0 Å². The number of hydrogen-bond donors (Lipinski definition) is 2. The van der Waals surface area contributed by atoms with Crippen molar-refractivity contribution in [1.82, 2.24) is 10.2 Å². The smallest absolute Gasteiger partial charge is 0.256 e. The zero-order chi connectivity index (χ0) is 14.0. The third kappa shape index (κ3) is 2.78. The number of aromatic nitrogens is 2. The SMILES string of the molecule is COc1ccc(C(=O)Nc2n[nH]c(C)c2C)cc1Br. The van der Waals surface area contributed by atoms with E-state index in [1.54, 1.807) is 25.3 Å². The summed E-state index contributed by atoms with van der Waals surface area (Å²) in [5, 5.41) is 9.64. The van der Waals surface area contributed by atoms with Crippen molar-refractivity contribution in [2.75, 3.05) is 12.4 Å². The van der Waals surface area contributed by atoms with Crippen molar-refractivity contribution in [3.8, 4) is 5.75 Å². The number of H-pyrrole nitrogens is 1. The second-order valence-corrected chi connectivity index (χ2v) is 4.98. The average Bonchev–Trinajstić information content (AvgIpc) is 2.70. The lowest BCUT2D eigenvalue weighted by Gasteiger charge is -2.06. The summed E-state index contributed by atoms with van der Waals surface area (Å²) in [7, 11) is 1.58. The number of amides is 1. The molecule has 1 aromatic carbocycles. The Hall–Kier alpha value is -1.82. The minimum atomic E-state index is -0.210. The Morgan fingerprint density at radius 3 is 2.68 bits per heavy atom. The van der Waals surface area contributed by atoms with Gasteiger partial charge in [0.1, 0.15) is 5.75 Å². The Morgan fingerprint density at radius 2 is 2.16 bits per heavy atom. The standard InChI is InChI=1S/C13H14BrN3O2/c1-7-8(2)16-17-12(7)15-13(18)9-4-5-11(19-3)10(14)6-9/h4-6H,1-3H3,(H2,15,16,17,18). The highest BCUT2D eigenvalue weighted by Crippen LogP contribution is 2.26. The molecule has 2 aromatic rings. The number of nitrogens with zero attached hydrogens (tertiary/aromatic N) is 1. The summed E-state index contributed by atoms with van der Waals surface area (Å²) < 4.78 is 5.86. The molecule has 19 heavy (non-hydrogen) atoms. The molecule has 0 aliphatic carbocycles. The number of halogens is 1. The number of hydrogen-bond acceptors (Lipinski definition) is 3. The van der Waals surface area contributed by atoms with Gasteiger partial charge in [-0.25, -0.2) is 0 Å². The third-order valence-electron chi connectivity index (χ3n) is 2.90. The molecule has 5 nitrogen and oxygen atoms in total. The number of ether oxygens (including phenoxy) is 1. The van der Waals surface area contributed by atoms with E-state index >= 15 is 0 Å². The summed E-state index contributed by atoms with van der Waals surface area (Å²) in [6.07, 6.45) is 0. The van der Waals surface area contributed by atoms with Gasteiger partial charge in [-0.05, 0) is 48.0 Å². The van der Waals surface area contributed by atoms with Gasteiger partial charge in [-0.15, -0.1) is 0 Å². The monoisotopic (exact) mass is 323 g/mol. The summed E-state index contributed by atoms with van der Waals surface area (Å²) in [5.74, 6) is 1.02. The van der Waals surface area contributed by atoms with Gasteiger partial charge in [-0.3, -0.25) is 9.89 Å². The molecule has 0 spiro atoms. The van der Waals surface area contributed by atoms with E-state index in [1.165, 1.54) is 0 Å². The maximum absolute atomic E-state index is 12.1. The quantitative estimate of drug-likeness (QED) is 0.912. The number of aromatic amines is 1. The van der Waals surface area contributed by atoms with Crippen molar-refractivity contribution >= 4 is 27.7 Å². The van der Waals surface area contributed by atoms with Gasteiger partial charge < -0.3 is 10.1 Å². The van der Waals surface area contributed by atoms with Crippen LogP contribution in [0.5, 0.6) is 5.75 Å². The molecule has 1 amide bonds. The molecular formula is C13H14BrN3O2. The predicted octanol–water partition coefficient (Wildman–Crippen LogP) is 3.05. The molecule has 100 valence electrons. The lowest BCUT2D eigenvalue weighted by atomic mass is 10.2. The van der Waals surface area contributed by atoms with Gasteiger partial charge in [0.25, 0.3) is 5.91 Å². The van der Waals surface area contributed by atoms with Crippen molar-refractivity contribution < 1.29 is 9.53 Å². The number of aryl methyl sites for hydroxylation is 1. The molecule has 1 heterocycles. The van der Waals surface area contributed by atoms with Crippen LogP contribution in [0.3, 0.4) is 0 Å². The zero-order valence-corrected chi connectivity index (χ0v) is 12.5. The van der Waals surface area contributed by atoms with Gasteiger partial charge in [-0.1, -0.05) is 0 Å². The van der Waals surface area contributed by atoms with Gasteiger partial charge in [0, 0.05) is 16.8 Å². The van der Waals surface area contributed by atoms with Gasteiger partial charge in [0.2, 0.25) is 0 Å². The Morgan fingerprint density at radius 1 is 1.42 bits per heavy atom. The topological polar surface area (TPSA) is 67.0 Å². The first-order valence-electron chi connectivity index (χ1n) is 5.69. The van der Waals surface area contributed by atoms with E-state index in [-0.39, 0.29) is 5.91 Å². The molecule has 0 aliphatic rings. The molecule has 2 N–H and O–H groups in total. The number of anilines is 1. The van der Waals surface area contributed by atoms with E-state index in [9.17, 15) is 4.79 Å². The van der Waals surface area contributed by atoms with Crippen LogP contribution in [-0.4, -0.2) is 23.2 Å². The van der Waals surface area contributed by atoms with Crippen molar-refractivity contribution in [3.05, 3.63) is 39.5 Å². The molecule has 0 aliphatic heterocycles. The Bertz CT molecular complexity index is 622. The maximum Gasteiger partial charge on any atom is 0.256 e. The van der Waals surface area contributed by atoms with Crippen molar-refractivity contribution in [3.63, 3.8) is 0 Å². The molecule has 6 heteroatoms. The number of carbonyl (C=O) groups is 1. The van der Waals surface area contributed by atoms with Crippen LogP contribution in [0, 0.1) is 13.8 Å².